The van der Waals surface area contributed by atoms with E-state index in [1.165, 1.54) is 5.56 Å². The molecule has 6 nitrogen and oxygen atoms in total. The maximum atomic E-state index is 13.9. The Morgan fingerprint density at radius 1 is 0.971 bits per heavy atom. The van der Waals surface area contributed by atoms with E-state index in [1.54, 1.807) is 26.4 Å². The van der Waals surface area contributed by atoms with Crippen LogP contribution >= 0.6 is 0 Å². The Morgan fingerprint density at radius 2 is 1.77 bits per heavy atom. The zero-order valence-corrected chi connectivity index (χ0v) is 20.2. The Labute approximate surface area is 205 Å². The van der Waals surface area contributed by atoms with E-state index in [9.17, 15) is 4.79 Å². The third kappa shape index (κ3) is 4.23. The molecule has 0 saturated carbocycles. The second-order valence-corrected chi connectivity index (χ2v) is 8.55. The Balaban J connectivity index is 1.61. The molecule has 1 atom stereocenters. The van der Waals surface area contributed by atoms with Crippen molar-refractivity contribution in [3.05, 3.63) is 107 Å². The zero-order valence-electron chi connectivity index (χ0n) is 20.2. The number of para-hydroxylation sites is 1. The second kappa shape index (κ2) is 9.58. The molecule has 178 valence electrons. The molecule has 0 fully saturated rings. The van der Waals surface area contributed by atoms with Crippen LogP contribution in [-0.2, 0) is 13.0 Å². The van der Waals surface area contributed by atoms with Crippen molar-refractivity contribution in [1.29, 1.82) is 0 Å². The third-order valence-electron chi connectivity index (χ3n) is 6.58. The quantitative estimate of drug-likeness (QED) is 0.381. The van der Waals surface area contributed by atoms with Crippen LogP contribution in [0.2, 0.25) is 0 Å². The molecule has 0 saturated heterocycles. The molecule has 5 rings (SSSR count). The van der Waals surface area contributed by atoms with E-state index in [0.29, 0.717) is 23.7 Å². The number of carbonyl (C=O) groups excluding carboxylic acids is 1. The molecule has 0 unspecified atom stereocenters. The predicted octanol–water partition coefficient (Wildman–Crippen LogP) is 6.19. The lowest BCUT2D eigenvalue weighted by Crippen LogP contribution is -2.38. The van der Waals surface area contributed by atoms with Gasteiger partial charge in [-0.15, -0.1) is 0 Å². The maximum absolute atomic E-state index is 13.9. The average molecular weight is 468 g/mol. The maximum Gasteiger partial charge on any atom is 0.323 e. The largest absolute Gasteiger partial charge is 0.497 e. The highest BCUT2D eigenvalue weighted by atomic mass is 16.5. The SMILES string of the molecule is CCc1ccc([C@H]2c3cccn3-c3ccccc3CN2C(=O)Nc2cc(OC)ccc2OC)cc1. The van der Waals surface area contributed by atoms with E-state index in [1.807, 2.05) is 29.2 Å². The van der Waals surface area contributed by atoms with Crippen LogP contribution in [-0.4, -0.2) is 29.7 Å². The van der Waals surface area contributed by atoms with Gasteiger partial charge in [0.25, 0.3) is 0 Å². The molecular weight excluding hydrogens is 438 g/mol. The number of aryl methyl sites for hydroxylation is 1. The minimum absolute atomic E-state index is 0.217. The van der Waals surface area contributed by atoms with Crippen LogP contribution in [0.4, 0.5) is 10.5 Å². The molecule has 4 aromatic rings. The molecule has 0 bridgehead atoms. The number of aromatic nitrogens is 1. The van der Waals surface area contributed by atoms with E-state index in [-0.39, 0.29) is 12.1 Å². The monoisotopic (exact) mass is 467 g/mol. The molecule has 35 heavy (non-hydrogen) atoms. The van der Waals surface area contributed by atoms with Gasteiger partial charge in [0.15, 0.2) is 0 Å². The Bertz CT molecular complexity index is 1340. The molecule has 6 heteroatoms. The molecule has 1 aliphatic heterocycles. The molecular formula is C29H29N3O3. The van der Waals surface area contributed by atoms with Crippen molar-refractivity contribution in [2.45, 2.75) is 25.9 Å². The highest BCUT2D eigenvalue weighted by Crippen LogP contribution is 2.38. The van der Waals surface area contributed by atoms with Crippen molar-refractivity contribution in [3.8, 4) is 17.2 Å². The molecule has 0 aliphatic carbocycles. The summed E-state index contributed by atoms with van der Waals surface area (Å²) in [7, 11) is 3.19. The van der Waals surface area contributed by atoms with Crippen molar-refractivity contribution < 1.29 is 14.3 Å². The van der Waals surface area contributed by atoms with Gasteiger partial charge < -0.3 is 24.3 Å². The normalized spacial score (nSPS) is 14.5. The predicted molar refractivity (Wildman–Crippen MR) is 138 cm³/mol. The number of rotatable bonds is 5. The van der Waals surface area contributed by atoms with Crippen LogP contribution in [0.5, 0.6) is 11.5 Å². The van der Waals surface area contributed by atoms with Crippen molar-refractivity contribution >= 4 is 11.7 Å². The lowest BCUT2D eigenvalue weighted by atomic mass is 10.00. The molecule has 2 heterocycles. The molecule has 2 amide bonds. The number of hydrogen-bond donors (Lipinski definition) is 1. The summed E-state index contributed by atoms with van der Waals surface area (Å²) in [6.45, 7) is 2.60. The van der Waals surface area contributed by atoms with Crippen LogP contribution in [0.3, 0.4) is 0 Å². The van der Waals surface area contributed by atoms with Crippen LogP contribution in [0.25, 0.3) is 5.69 Å². The summed E-state index contributed by atoms with van der Waals surface area (Å²) in [5.41, 5.74) is 6.07. The molecule has 1 aliphatic rings. The number of carbonyl (C=O) groups is 1. The fourth-order valence-electron chi connectivity index (χ4n) is 4.72. The summed E-state index contributed by atoms with van der Waals surface area (Å²) in [4.78, 5) is 15.8. The smallest absolute Gasteiger partial charge is 0.323 e. The summed E-state index contributed by atoms with van der Waals surface area (Å²) >= 11 is 0. The van der Waals surface area contributed by atoms with Gasteiger partial charge in [0.1, 0.15) is 11.5 Å². The molecule has 1 aromatic heterocycles. The first kappa shape index (κ1) is 22.6. The number of anilines is 1. The molecule has 3 aromatic carbocycles. The van der Waals surface area contributed by atoms with Gasteiger partial charge >= 0.3 is 6.03 Å². The number of amides is 2. The van der Waals surface area contributed by atoms with Gasteiger partial charge in [-0.2, -0.15) is 0 Å². The minimum Gasteiger partial charge on any atom is -0.497 e. The van der Waals surface area contributed by atoms with Crippen molar-refractivity contribution in [1.82, 2.24) is 9.47 Å². The van der Waals surface area contributed by atoms with E-state index in [2.05, 4.69) is 65.5 Å². The number of benzene rings is 3. The topological polar surface area (TPSA) is 55.7 Å². The fourth-order valence-corrected chi connectivity index (χ4v) is 4.72. The van der Waals surface area contributed by atoms with Gasteiger partial charge in [-0.1, -0.05) is 49.4 Å². The number of nitrogens with zero attached hydrogens (tertiary/aromatic N) is 2. The van der Waals surface area contributed by atoms with Crippen LogP contribution in [0.1, 0.15) is 35.3 Å². The lowest BCUT2D eigenvalue weighted by molar-refractivity contribution is 0.194. The molecule has 1 N–H and O–H groups in total. The summed E-state index contributed by atoms with van der Waals surface area (Å²) in [6, 6.07) is 25.8. The van der Waals surface area contributed by atoms with Gasteiger partial charge in [0.05, 0.1) is 38.2 Å². The van der Waals surface area contributed by atoms with Crippen LogP contribution in [0.15, 0.2) is 85.1 Å². The first-order valence-corrected chi connectivity index (χ1v) is 11.8. The average Bonchev–Trinajstić information content (AvgIpc) is 3.33. The van der Waals surface area contributed by atoms with Crippen molar-refractivity contribution in [2.24, 2.45) is 0 Å². The van der Waals surface area contributed by atoms with E-state index < -0.39 is 0 Å². The molecule has 0 radical (unpaired) electrons. The molecule has 0 spiro atoms. The zero-order chi connectivity index (χ0) is 24.4. The summed E-state index contributed by atoms with van der Waals surface area (Å²) < 4.78 is 13.1. The number of hydrogen-bond acceptors (Lipinski definition) is 3. The fraction of sp³-hybridized carbons (Fsp3) is 0.207. The highest BCUT2D eigenvalue weighted by Gasteiger charge is 2.33. The minimum atomic E-state index is -0.278. The lowest BCUT2D eigenvalue weighted by Gasteiger charge is -2.31. The van der Waals surface area contributed by atoms with E-state index in [0.717, 1.165) is 28.9 Å². The van der Waals surface area contributed by atoms with Gasteiger partial charge in [0.2, 0.25) is 0 Å². The Kier molecular flexibility index (Phi) is 6.19. The number of methoxy groups -OCH3 is 2. The third-order valence-corrected chi connectivity index (χ3v) is 6.58. The second-order valence-electron chi connectivity index (χ2n) is 8.55. The number of ether oxygens (including phenoxy) is 2. The van der Waals surface area contributed by atoms with E-state index >= 15 is 0 Å². The summed E-state index contributed by atoms with van der Waals surface area (Å²) in [6.07, 6.45) is 3.03. The van der Waals surface area contributed by atoms with Gasteiger partial charge in [0, 0.05) is 18.0 Å². The standard InChI is InChI=1S/C29H29N3O3/c1-4-20-11-13-21(14-12-20)28-26-10-7-17-31(26)25-9-6-5-8-22(25)19-32(28)29(33)30-24-18-23(34-2)15-16-27(24)35-3/h5-18,28H,4,19H2,1-3H3,(H,30,33)/t28-/m0/s1. The van der Waals surface area contributed by atoms with Crippen LogP contribution < -0.4 is 14.8 Å². The van der Waals surface area contributed by atoms with Crippen molar-refractivity contribution in [2.75, 3.05) is 19.5 Å². The first-order chi connectivity index (χ1) is 17.1. The van der Waals surface area contributed by atoms with Gasteiger partial charge in [-0.25, -0.2) is 4.79 Å². The van der Waals surface area contributed by atoms with Gasteiger partial charge in [-0.3, -0.25) is 0 Å². The summed E-state index contributed by atoms with van der Waals surface area (Å²) in [5, 5.41) is 3.08. The summed E-state index contributed by atoms with van der Waals surface area (Å²) in [5.74, 6) is 1.21. The number of nitrogens with one attached hydrogen (secondary N) is 1. The Morgan fingerprint density at radius 3 is 2.51 bits per heavy atom. The number of urea groups is 1. The highest BCUT2D eigenvalue weighted by molar-refractivity contribution is 5.92. The first-order valence-electron chi connectivity index (χ1n) is 11.8. The number of fused-ring (bicyclic) bond motifs is 3. The Hall–Kier alpha value is -4.19. The van der Waals surface area contributed by atoms with Crippen molar-refractivity contribution in [3.63, 3.8) is 0 Å². The van der Waals surface area contributed by atoms with Crippen LogP contribution in [0, 0.1) is 0 Å². The van der Waals surface area contributed by atoms with Gasteiger partial charge in [-0.05, 0) is 53.4 Å². The van der Waals surface area contributed by atoms with E-state index in [4.69, 9.17) is 9.47 Å².